The lowest BCUT2D eigenvalue weighted by Crippen LogP contribution is -2.32. The van der Waals surface area contributed by atoms with Gasteiger partial charge in [0.05, 0.1) is 6.54 Å². The summed E-state index contributed by atoms with van der Waals surface area (Å²) in [7, 11) is 3.50. The van der Waals surface area contributed by atoms with Gasteiger partial charge in [0.25, 0.3) is 0 Å². The molecule has 4 nitrogen and oxygen atoms in total. The number of likely N-dealkylation sites (N-methyl/N-ethyl adjacent to an activating group) is 2. The molecule has 1 heterocycles. The van der Waals surface area contributed by atoms with Gasteiger partial charge in [0.1, 0.15) is 5.15 Å². The lowest BCUT2D eigenvalue weighted by molar-refractivity contribution is -0.121. The van der Waals surface area contributed by atoms with E-state index in [0.29, 0.717) is 18.2 Å². The highest BCUT2D eigenvalue weighted by atomic mass is 35.5. The highest BCUT2D eigenvalue weighted by Gasteiger charge is 2.05. The number of pyridine rings is 1. The van der Waals surface area contributed by atoms with Gasteiger partial charge in [-0.05, 0) is 24.7 Å². The van der Waals surface area contributed by atoms with Crippen molar-refractivity contribution in [1.29, 1.82) is 0 Å². The zero-order chi connectivity index (χ0) is 11.3. The lowest BCUT2D eigenvalue weighted by Gasteiger charge is -2.15. The van der Waals surface area contributed by atoms with Crippen LogP contribution < -0.4 is 5.32 Å². The number of carbonyl (C=O) groups is 1. The Bertz CT molecular complexity index is 343. The van der Waals surface area contributed by atoms with Crippen molar-refractivity contribution in [3.8, 4) is 0 Å². The number of aromatic nitrogens is 1. The molecule has 0 saturated heterocycles. The van der Waals surface area contributed by atoms with Gasteiger partial charge in [-0.2, -0.15) is 0 Å². The Kier molecular flexibility index (Phi) is 4.52. The van der Waals surface area contributed by atoms with Crippen LogP contribution in [0.4, 0.5) is 0 Å². The summed E-state index contributed by atoms with van der Waals surface area (Å²) in [5.74, 6) is -0.00217. The molecule has 1 amide bonds. The monoisotopic (exact) mass is 227 g/mol. The topological polar surface area (TPSA) is 45.2 Å². The average Bonchev–Trinajstić information content (AvgIpc) is 2.17. The minimum Gasteiger partial charge on any atom is -0.358 e. The first-order chi connectivity index (χ1) is 7.11. The molecule has 5 heteroatoms. The molecule has 0 fully saturated rings. The van der Waals surface area contributed by atoms with Gasteiger partial charge in [0, 0.05) is 19.8 Å². The van der Waals surface area contributed by atoms with Gasteiger partial charge in [-0.3, -0.25) is 9.69 Å². The maximum atomic E-state index is 11.1. The standard InChI is InChI=1S/C10H14ClN3O/c1-12-10(15)7-14(2)6-8-3-4-13-9(11)5-8/h3-5H,6-7H2,1-2H3,(H,12,15). The molecule has 1 aromatic rings. The molecule has 0 spiro atoms. The van der Waals surface area contributed by atoms with E-state index in [1.807, 2.05) is 18.0 Å². The summed E-state index contributed by atoms with van der Waals surface area (Å²) >= 11 is 5.75. The SMILES string of the molecule is CNC(=O)CN(C)Cc1ccnc(Cl)c1. The van der Waals surface area contributed by atoms with E-state index in [1.165, 1.54) is 0 Å². The summed E-state index contributed by atoms with van der Waals surface area (Å²) in [5, 5.41) is 3.05. The van der Waals surface area contributed by atoms with Crippen molar-refractivity contribution in [3.63, 3.8) is 0 Å². The summed E-state index contributed by atoms with van der Waals surface area (Å²) < 4.78 is 0. The molecular formula is C10H14ClN3O. The third kappa shape index (κ3) is 4.27. The van der Waals surface area contributed by atoms with E-state index < -0.39 is 0 Å². The van der Waals surface area contributed by atoms with E-state index in [9.17, 15) is 4.79 Å². The second-order valence-corrected chi connectivity index (χ2v) is 3.72. The van der Waals surface area contributed by atoms with Gasteiger partial charge < -0.3 is 5.32 Å². The number of amides is 1. The number of hydrogen-bond donors (Lipinski definition) is 1. The number of nitrogens with zero attached hydrogens (tertiary/aromatic N) is 2. The van der Waals surface area contributed by atoms with Crippen LogP contribution in [0.2, 0.25) is 5.15 Å². The predicted molar refractivity (Wildman–Crippen MR) is 59.6 cm³/mol. The molecule has 0 saturated carbocycles. The molecule has 15 heavy (non-hydrogen) atoms. The van der Waals surface area contributed by atoms with E-state index in [-0.39, 0.29) is 5.91 Å². The van der Waals surface area contributed by atoms with E-state index >= 15 is 0 Å². The van der Waals surface area contributed by atoms with Crippen molar-refractivity contribution in [1.82, 2.24) is 15.2 Å². The van der Waals surface area contributed by atoms with Gasteiger partial charge in [-0.1, -0.05) is 11.6 Å². The van der Waals surface area contributed by atoms with Crippen LogP contribution in [0.1, 0.15) is 5.56 Å². The predicted octanol–water partition coefficient (Wildman–Crippen LogP) is 0.913. The van der Waals surface area contributed by atoms with E-state index in [1.54, 1.807) is 19.3 Å². The van der Waals surface area contributed by atoms with Gasteiger partial charge in [-0.25, -0.2) is 4.98 Å². The Hall–Kier alpha value is -1.13. The number of nitrogens with one attached hydrogen (secondary N) is 1. The highest BCUT2D eigenvalue weighted by molar-refractivity contribution is 6.29. The van der Waals surface area contributed by atoms with E-state index in [2.05, 4.69) is 10.3 Å². The summed E-state index contributed by atoms with van der Waals surface area (Å²) in [6.45, 7) is 1.05. The first-order valence-corrected chi connectivity index (χ1v) is 4.99. The fourth-order valence-electron chi connectivity index (χ4n) is 1.23. The average molecular weight is 228 g/mol. The molecule has 0 bridgehead atoms. The molecule has 1 rings (SSSR count). The normalized spacial score (nSPS) is 10.4. The summed E-state index contributed by atoms with van der Waals surface area (Å²) in [4.78, 5) is 16.9. The lowest BCUT2D eigenvalue weighted by atomic mass is 10.2. The smallest absolute Gasteiger partial charge is 0.233 e. The van der Waals surface area contributed by atoms with E-state index in [0.717, 1.165) is 5.56 Å². The van der Waals surface area contributed by atoms with Crippen LogP contribution in [0, 0.1) is 0 Å². The molecule has 0 aliphatic heterocycles. The minimum atomic E-state index is -0.00217. The Morgan fingerprint density at radius 3 is 3.00 bits per heavy atom. The van der Waals surface area contributed by atoms with E-state index in [4.69, 9.17) is 11.6 Å². The molecular weight excluding hydrogens is 214 g/mol. The van der Waals surface area contributed by atoms with Gasteiger partial charge >= 0.3 is 0 Å². The second kappa shape index (κ2) is 5.68. The van der Waals surface area contributed by atoms with Crippen LogP contribution in [0.15, 0.2) is 18.3 Å². The molecule has 0 atom stereocenters. The van der Waals surface area contributed by atoms with Crippen LogP contribution in [-0.4, -0.2) is 36.4 Å². The molecule has 0 aromatic carbocycles. The Morgan fingerprint density at radius 1 is 1.67 bits per heavy atom. The minimum absolute atomic E-state index is 0.00217. The van der Waals surface area contributed by atoms with Crippen molar-refractivity contribution in [2.24, 2.45) is 0 Å². The van der Waals surface area contributed by atoms with Crippen LogP contribution in [-0.2, 0) is 11.3 Å². The fourth-order valence-corrected chi connectivity index (χ4v) is 1.43. The number of carbonyl (C=O) groups excluding carboxylic acids is 1. The first-order valence-electron chi connectivity index (χ1n) is 4.61. The third-order valence-corrected chi connectivity index (χ3v) is 2.14. The third-order valence-electron chi connectivity index (χ3n) is 1.94. The highest BCUT2D eigenvalue weighted by Crippen LogP contribution is 2.08. The van der Waals surface area contributed by atoms with Crippen molar-refractivity contribution in [3.05, 3.63) is 29.0 Å². The second-order valence-electron chi connectivity index (χ2n) is 3.33. The maximum absolute atomic E-state index is 11.1. The summed E-state index contributed by atoms with van der Waals surface area (Å²) in [6.07, 6.45) is 1.66. The van der Waals surface area contributed by atoms with Crippen molar-refractivity contribution >= 4 is 17.5 Å². The van der Waals surface area contributed by atoms with Crippen LogP contribution in [0.5, 0.6) is 0 Å². The Balaban J connectivity index is 2.51. The van der Waals surface area contributed by atoms with Crippen LogP contribution >= 0.6 is 11.6 Å². The molecule has 0 aliphatic carbocycles. The molecule has 0 unspecified atom stereocenters. The fraction of sp³-hybridized carbons (Fsp3) is 0.400. The molecule has 0 radical (unpaired) electrons. The largest absolute Gasteiger partial charge is 0.358 e. The van der Waals surface area contributed by atoms with Crippen molar-refractivity contribution in [2.75, 3.05) is 20.6 Å². The van der Waals surface area contributed by atoms with Gasteiger partial charge in [0.2, 0.25) is 5.91 Å². The number of rotatable bonds is 4. The zero-order valence-corrected chi connectivity index (χ0v) is 9.58. The maximum Gasteiger partial charge on any atom is 0.233 e. The van der Waals surface area contributed by atoms with Crippen molar-refractivity contribution < 1.29 is 4.79 Å². The van der Waals surface area contributed by atoms with Gasteiger partial charge in [0.15, 0.2) is 0 Å². The van der Waals surface area contributed by atoms with Crippen LogP contribution in [0.3, 0.4) is 0 Å². The van der Waals surface area contributed by atoms with Crippen molar-refractivity contribution in [2.45, 2.75) is 6.54 Å². The Labute approximate surface area is 94.3 Å². The molecule has 1 N–H and O–H groups in total. The molecule has 82 valence electrons. The zero-order valence-electron chi connectivity index (χ0n) is 8.83. The summed E-state index contributed by atoms with van der Waals surface area (Å²) in [5.41, 5.74) is 1.04. The number of halogens is 1. The van der Waals surface area contributed by atoms with Crippen LogP contribution in [0.25, 0.3) is 0 Å². The molecule has 0 aliphatic rings. The Morgan fingerprint density at radius 2 is 2.40 bits per heavy atom. The number of hydrogen-bond acceptors (Lipinski definition) is 3. The van der Waals surface area contributed by atoms with Gasteiger partial charge in [-0.15, -0.1) is 0 Å². The first kappa shape index (κ1) is 11.9. The molecule has 1 aromatic heterocycles. The quantitative estimate of drug-likeness (QED) is 0.778. The summed E-state index contributed by atoms with van der Waals surface area (Å²) in [6, 6.07) is 3.67.